The maximum Gasteiger partial charge on any atom is 0.150 e. The summed E-state index contributed by atoms with van der Waals surface area (Å²) < 4.78 is 22.6. The molecular formula is C14H20O3S. The lowest BCUT2D eigenvalue weighted by Gasteiger charge is -2.05. The number of carbonyl (C=O) groups is 1. The highest BCUT2D eigenvalue weighted by atomic mass is 32.2. The van der Waals surface area contributed by atoms with Crippen molar-refractivity contribution in [1.29, 1.82) is 0 Å². The summed E-state index contributed by atoms with van der Waals surface area (Å²) in [4.78, 5) is 11.7. The van der Waals surface area contributed by atoms with Gasteiger partial charge in [0.25, 0.3) is 0 Å². The van der Waals surface area contributed by atoms with Crippen LogP contribution in [0, 0.1) is 6.92 Å². The van der Waals surface area contributed by atoms with E-state index in [0.29, 0.717) is 19.3 Å². The summed E-state index contributed by atoms with van der Waals surface area (Å²) in [6.45, 7) is 3.61. The van der Waals surface area contributed by atoms with Crippen LogP contribution in [0.1, 0.15) is 30.9 Å². The number of carbonyl (C=O) groups excluding carboxylic acids is 1. The van der Waals surface area contributed by atoms with E-state index in [-0.39, 0.29) is 17.3 Å². The summed E-state index contributed by atoms with van der Waals surface area (Å²) in [6, 6.07) is 7.77. The molecule has 0 unspecified atom stereocenters. The summed E-state index contributed by atoms with van der Waals surface area (Å²) in [5.74, 6) is 0.373. The first kappa shape index (κ1) is 14.9. The van der Waals surface area contributed by atoms with Crippen LogP contribution in [-0.4, -0.2) is 25.7 Å². The summed E-state index contributed by atoms with van der Waals surface area (Å²) in [7, 11) is -2.95. The summed E-state index contributed by atoms with van der Waals surface area (Å²) in [6.07, 6.45) is 1.17. The number of benzene rings is 1. The number of sulfone groups is 1. The molecule has 0 N–H and O–H groups in total. The minimum atomic E-state index is -2.95. The van der Waals surface area contributed by atoms with Gasteiger partial charge in [-0.15, -0.1) is 0 Å². The van der Waals surface area contributed by atoms with E-state index in [0.717, 1.165) is 11.1 Å². The van der Waals surface area contributed by atoms with Crippen molar-refractivity contribution in [3.8, 4) is 0 Å². The molecule has 0 aromatic heterocycles. The molecule has 0 aliphatic carbocycles. The van der Waals surface area contributed by atoms with Gasteiger partial charge in [-0.25, -0.2) is 8.42 Å². The van der Waals surface area contributed by atoms with Crippen LogP contribution in [0.3, 0.4) is 0 Å². The Hall–Kier alpha value is -1.16. The molecule has 0 atom stereocenters. The van der Waals surface area contributed by atoms with Gasteiger partial charge >= 0.3 is 0 Å². The first-order valence-electron chi connectivity index (χ1n) is 6.21. The molecule has 1 rings (SSSR count). The molecule has 0 amide bonds. The van der Waals surface area contributed by atoms with Crippen molar-refractivity contribution in [3.05, 3.63) is 35.4 Å². The molecule has 0 aliphatic heterocycles. The maximum absolute atomic E-state index is 11.7. The van der Waals surface area contributed by atoms with Gasteiger partial charge in [0.1, 0.15) is 15.6 Å². The Morgan fingerprint density at radius 2 is 1.89 bits per heavy atom. The Kier molecular flexibility index (Phi) is 5.54. The van der Waals surface area contributed by atoms with Crippen LogP contribution in [0.5, 0.6) is 0 Å². The smallest absolute Gasteiger partial charge is 0.150 e. The zero-order chi connectivity index (χ0) is 13.6. The monoisotopic (exact) mass is 268 g/mol. The van der Waals surface area contributed by atoms with Gasteiger partial charge in [-0.3, -0.25) is 4.79 Å². The van der Waals surface area contributed by atoms with E-state index < -0.39 is 9.84 Å². The standard InChI is InChI=1S/C14H20O3S/c1-3-18(16,17)10-6-9-14(15)11-13-8-5-4-7-12(13)2/h4-5,7-8H,3,6,9-11H2,1-2H3. The van der Waals surface area contributed by atoms with Gasteiger partial charge < -0.3 is 0 Å². The van der Waals surface area contributed by atoms with E-state index in [9.17, 15) is 13.2 Å². The molecule has 18 heavy (non-hydrogen) atoms. The number of hydrogen-bond acceptors (Lipinski definition) is 3. The number of aryl methyl sites for hydroxylation is 1. The van der Waals surface area contributed by atoms with Gasteiger partial charge in [0.05, 0.1) is 5.75 Å². The predicted molar refractivity (Wildman–Crippen MR) is 73.5 cm³/mol. The third-order valence-electron chi connectivity index (χ3n) is 3.00. The SMILES string of the molecule is CCS(=O)(=O)CCCC(=O)Cc1ccccc1C. The van der Waals surface area contributed by atoms with E-state index in [1.165, 1.54) is 0 Å². The molecule has 0 heterocycles. The highest BCUT2D eigenvalue weighted by Crippen LogP contribution is 2.10. The highest BCUT2D eigenvalue weighted by molar-refractivity contribution is 7.91. The highest BCUT2D eigenvalue weighted by Gasteiger charge is 2.10. The van der Waals surface area contributed by atoms with Crippen LogP contribution in [0.4, 0.5) is 0 Å². The lowest BCUT2D eigenvalue weighted by Crippen LogP contribution is -2.11. The molecule has 4 heteroatoms. The molecule has 100 valence electrons. The average Bonchev–Trinajstić information content (AvgIpc) is 2.32. The lowest BCUT2D eigenvalue weighted by molar-refractivity contribution is -0.118. The van der Waals surface area contributed by atoms with Gasteiger partial charge in [0.2, 0.25) is 0 Å². The predicted octanol–water partition coefficient (Wildman–Crippen LogP) is 2.32. The molecular weight excluding hydrogens is 248 g/mol. The fourth-order valence-electron chi connectivity index (χ4n) is 1.74. The molecule has 1 aromatic rings. The minimum absolute atomic E-state index is 0.107. The maximum atomic E-state index is 11.7. The van der Waals surface area contributed by atoms with Crippen LogP contribution in [-0.2, 0) is 21.1 Å². The van der Waals surface area contributed by atoms with E-state index in [1.807, 2.05) is 31.2 Å². The van der Waals surface area contributed by atoms with Gasteiger partial charge in [0.15, 0.2) is 0 Å². The van der Waals surface area contributed by atoms with Crippen molar-refractivity contribution < 1.29 is 13.2 Å². The lowest BCUT2D eigenvalue weighted by atomic mass is 10.0. The Balaban J connectivity index is 2.42. The number of ketones is 1. The van der Waals surface area contributed by atoms with E-state index in [4.69, 9.17) is 0 Å². The molecule has 1 aromatic carbocycles. The van der Waals surface area contributed by atoms with E-state index in [1.54, 1.807) is 6.92 Å². The quantitative estimate of drug-likeness (QED) is 0.762. The first-order valence-corrected chi connectivity index (χ1v) is 8.03. The van der Waals surface area contributed by atoms with E-state index >= 15 is 0 Å². The second kappa shape index (κ2) is 6.69. The molecule has 0 saturated carbocycles. The number of rotatable bonds is 7. The minimum Gasteiger partial charge on any atom is -0.299 e. The van der Waals surface area contributed by atoms with Crippen LogP contribution < -0.4 is 0 Å². The van der Waals surface area contributed by atoms with Crippen molar-refractivity contribution >= 4 is 15.6 Å². The van der Waals surface area contributed by atoms with Crippen molar-refractivity contribution in [2.45, 2.75) is 33.1 Å². The van der Waals surface area contributed by atoms with Crippen LogP contribution >= 0.6 is 0 Å². The number of hydrogen-bond donors (Lipinski definition) is 0. The van der Waals surface area contributed by atoms with Gasteiger partial charge in [-0.05, 0) is 24.5 Å². The zero-order valence-electron chi connectivity index (χ0n) is 11.0. The molecule has 0 bridgehead atoms. The van der Waals surface area contributed by atoms with Gasteiger partial charge in [0, 0.05) is 18.6 Å². The van der Waals surface area contributed by atoms with Crippen molar-refractivity contribution in [3.63, 3.8) is 0 Å². The van der Waals surface area contributed by atoms with Crippen molar-refractivity contribution in [1.82, 2.24) is 0 Å². The molecule has 3 nitrogen and oxygen atoms in total. The second-order valence-corrected chi connectivity index (χ2v) is 6.95. The summed E-state index contributed by atoms with van der Waals surface area (Å²) >= 11 is 0. The van der Waals surface area contributed by atoms with Crippen LogP contribution in [0.25, 0.3) is 0 Å². The third-order valence-corrected chi connectivity index (χ3v) is 4.79. The largest absolute Gasteiger partial charge is 0.299 e. The Bertz CT molecular complexity index is 504. The molecule has 0 aliphatic rings. The molecule has 0 saturated heterocycles. The van der Waals surface area contributed by atoms with Gasteiger partial charge in [-0.1, -0.05) is 31.2 Å². The second-order valence-electron chi connectivity index (χ2n) is 4.48. The molecule has 0 spiro atoms. The van der Waals surface area contributed by atoms with Crippen molar-refractivity contribution in [2.75, 3.05) is 11.5 Å². The van der Waals surface area contributed by atoms with Crippen molar-refractivity contribution in [2.24, 2.45) is 0 Å². The third kappa shape index (κ3) is 5.00. The topological polar surface area (TPSA) is 51.2 Å². The Morgan fingerprint density at radius 3 is 2.50 bits per heavy atom. The zero-order valence-corrected chi connectivity index (χ0v) is 11.8. The first-order chi connectivity index (χ1) is 8.44. The Morgan fingerprint density at radius 1 is 1.22 bits per heavy atom. The Labute approximate surface area is 109 Å². The molecule has 0 radical (unpaired) electrons. The van der Waals surface area contributed by atoms with E-state index in [2.05, 4.69) is 0 Å². The average molecular weight is 268 g/mol. The summed E-state index contributed by atoms with van der Waals surface area (Å²) in [5.41, 5.74) is 2.13. The molecule has 0 fully saturated rings. The van der Waals surface area contributed by atoms with Crippen LogP contribution in [0.15, 0.2) is 24.3 Å². The number of Topliss-reactive ketones (excluding diaryl/α,β-unsaturated/α-hetero) is 1. The normalized spacial score (nSPS) is 11.4. The summed E-state index contributed by atoms with van der Waals surface area (Å²) in [5, 5.41) is 0. The van der Waals surface area contributed by atoms with Crippen LogP contribution in [0.2, 0.25) is 0 Å². The fraction of sp³-hybridized carbons (Fsp3) is 0.500. The fourth-order valence-corrected chi connectivity index (χ4v) is 2.62. The van der Waals surface area contributed by atoms with Gasteiger partial charge in [-0.2, -0.15) is 0 Å².